The van der Waals surface area contributed by atoms with E-state index in [9.17, 15) is 8.42 Å². The zero-order valence-corrected chi connectivity index (χ0v) is 12.0. The van der Waals surface area contributed by atoms with Crippen molar-refractivity contribution < 1.29 is 17.3 Å². The van der Waals surface area contributed by atoms with Crippen molar-refractivity contribution in [1.29, 1.82) is 0 Å². The predicted molar refractivity (Wildman–Crippen MR) is 70.2 cm³/mol. The molecule has 0 N–H and O–H groups in total. The summed E-state index contributed by atoms with van der Waals surface area (Å²) in [7, 11) is -3.76. The fourth-order valence-electron chi connectivity index (χ4n) is 1.21. The van der Waals surface area contributed by atoms with Crippen molar-refractivity contribution in [3.8, 4) is 0 Å². The first-order valence-corrected chi connectivity index (χ1v) is 7.52. The number of rotatable bonds is 7. The first-order valence-electron chi connectivity index (χ1n) is 5.67. The smallest absolute Gasteiger partial charge is 0.297 e. The molecule has 6 heteroatoms. The van der Waals surface area contributed by atoms with Gasteiger partial charge in [-0.3, -0.25) is 4.18 Å². The molecule has 0 unspecified atom stereocenters. The van der Waals surface area contributed by atoms with Gasteiger partial charge in [0.1, 0.15) is 6.61 Å². The number of hydrogen-bond acceptors (Lipinski definition) is 4. The van der Waals surface area contributed by atoms with Crippen LogP contribution in [0.25, 0.3) is 0 Å². The summed E-state index contributed by atoms with van der Waals surface area (Å²) in [6.45, 7) is 4.10. The second-order valence-electron chi connectivity index (χ2n) is 3.83. The van der Waals surface area contributed by atoms with Crippen LogP contribution in [-0.2, 0) is 19.0 Å². The molecule has 102 valence electrons. The Morgan fingerprint density at radius 3 is 2.44 bits per heavy atom. The Kier molecular flexibility index (Phi) is 6.08. The molecule has 1 aromatic carbocycles. The van der Waals surface area contributed by atoms with Crippen LogP contribution in [0, 0.1) is 6.92 Å². The lowest BCUT2D eigenvalue weighted by Gasteiger charge is -2.11. The van der Waals surface area contributed by atoms with Gasteiger partial charge in [-0.15, -0.1) is 0 Å². The third kappa shape index (κ3) is 4.94. The van der Waals surface area contributed by atoms with E-state index < -0.39 is 15.7 Å². The molecule has 0 spiro atoms. The van der Waals surface area contributed by atoms with E-state index in [1.807, 2.05) is 13.8 Å². The lowest BCUT2D eigenvalue weighted by molar-refractivity contribution is 0.0738. The number of alkyl halides is 1. The van der Waals surface area contributed by atoms with Gasteiger partial charge in [0.05, 0.1) is 4.90 Å². The normalized spacial score (nSPS) is 13.5. The lowest BCUT2D eigenvalue weighted by Crippen LogP contribution is -2.17. The summed E-state index contributed by atoms with van der Waals surface area (Å²) in [6, 6.07) is 6.42. The van der Waals surface area contributed by atoms with Gasteiger partial charge in [0.25, 0.3) is 10.1 Å². The molecule has 1 rings (SSSR count). The zero-order valence-electron chi connectivity index (χ0n) is 10.4. The molecule has 1 aromatic rings. The minimum Gasteiger partial charge on any atom is -0.360 e. The minimum absolute atomic E-state index is 0.118. The molecule has 0 fully saturated rings. The van der Waals surface area contributed by atoms with Crippen LogP contribution in [0.2, 0.25) is 0 Å². The molecule has 0 radical (unpaired) electrons. The number of benzene rings is 1. The maximum absolute atomic E-state index is 11.8. The van der Waals surface area contributed by atoms with Gasteiger partial charge in [-0.05, 0) is 25.5 Å². The van der Waals surface area contributed by atoms with Crippen molar-refractivity contribution in [3.05, 3.63) is 29.8 Å². The fourth-order valence-corrected chi connectivity index (χ4v) is 2.34. The molecule has 0 amide bonds. The Morgan fingerprint density at radius 2 is 1.89 bits per heavy atom. The summed E-state index contributed by atoms with van der Waals surface area (Å²) in [4.78, 5) is 0.118. The summed E-state index contributed by atoms with van der Waals surface area (Å²) >= 11 is 5.77. The maximum atomic E-state index is 11.8. The topological polar surface area (TPSA) is 52.6 Å². The lowest BCUT2D eigenvalue weighted by atomic mass is 10.2. The first-order chi connectivity index (χ1) is 8.45. The van der Waals surface area contributed by atoms with Crippen LogP contribution in [-0.4, -0.2) is 27.2 Å². The molecule has 0 aliphatic rings. The summed E-state index contributed by atoms with van der Waals surface area (Å²) in [5.41, 5.74) is 0.223. The molecule has 0 aliphatic carbocycles. The molecule has 4 nitrogen and oxygen atoms in total. The average Bonchev–Trinajstić information content (AvgIpc) is 2.34. The molecular weight excluding hydrogens is 276 g/mol. The second-order valence-corrected chi connectivity index (χ2v) is 5.93. The first kappa shape index (κ1) is 15.4. The van der Waals surface area contributed by atoms with E-state index in [0.29, 0.717) is 6.61 Å². The monoisotopic (exact) mass is 292 g/mol. The highest BCUT2D eigenvalue weighted by Gasteiger charge is 2.17. The van der Waals surface area contributed by atoms with Crippen molar-refractivity contribution in [1.82, 2.24) is 0 Å². The predicted octanol–water partition coefficient (Wildman–Crippen LogP) is 2.69. The molecule has 0 bridgehead atoms. The van der Waals surface area contributed by atoms with Gasteiger partial charge in [-0.1, -0.05) is 36.2 Å². The van der Waals surface area contributed by atoms with E-state index in [1.165, 1.54) is 12.1 Å². The van der Waals surface area contributed by atoms with Crippen LogP contribution in [0.5, 0.6) is 0 Å². The Labute approximate surface area is 113 Å². The minimum atomic E-state index is -3.76. The standard InChI is InChI=1S/C12H17ClO4S/c1-3-8-16-12(13)9-17-18(14,15)11-6-4-10(2)5-7-11/h4-7,12H,3,8-9H2,1-2H3/t12-/m1/s1. The molecule has 0 saturated heterocycles. The van der Waals surface area contributed by atoms with Gasteiger partial charge < -0.3 is 4.74 Å². The molecule has 0 aromatic heterocycles. The maximum Gasteiger partial charge on any atom is 0.297 e. The number of aryl methyl sites for hydroxylation is 1. The number of ether oxygens (including phenoxy) is 1. The van der Waals surface area contributed by atoms with Gasteiger partial charge in [0, 0.05) is 6.61 Å². The Morgan fingerprint density at radius 1 is 1.28 bits per heavy atom. The second kappa shape index (κ2) is 7.09. The van der Waals surface area contributed by atoms with E-state index in [1.54, 1.807) is 12.1 Å². The van der Waals surface area contributed by atoms with Crippen molar-refractivity contribution in [2.75, 3.05) is 13.2 Å². The van der Waals surface area contributed by atoms with Gasteiger partial charge >= 0.3 is 0 Å². The van der Waals surface area contributed by atoms with Crippen LogP contribution in [0.15, 0.2) is 29.2 Å². The Balaban J connectivity index is 2.57. The van der Waals surface area contributed by atoms with E-state index >= 15 is 0 Å². The Hall–Kier alpha value is -0.620. The highest BCUT2D eigenvalue weighted by atomic mass is 35.5. The van der Waals surface area contributed by atoms with Crippen LogP contribution in [0.1, 0.15) is 18.9 Å². The molecule has 0 aliphatic heterocycles. The average molecular weight is 293 g/mol. The third-order valence-corrected chi connectivity index (χ3v) is 3.71. The Bertz CT molecular complexity index is 455. The number of hydrogen-bond donors (Lipinski definition) is 0. The highest BCUT2D eigenvalue weighted by molar-refractivity contribution is 7.86. The molecular formula is C12H17ClO4S. The van der Waals surface area contributed by atoms with E-state index in [-0.39, 0.29) is 11.5 Å². The van der Waals surface area contributed by atoms with E-state index in [2.05, 4.69) is 0 Å². The summed E-state index contributed by atoms with van der Waals surface area (Å²) < 4.78 is 33.5. The van der Waals surface area contributed by atoms with Gasteiger partial charge in [0.2, 0.25) is 0 Å². The highest BCUT2D eigenvalue weighted by Crippen LogP contribution is 2.14. The van der Waals surface area contributed by atoms with Crippen molar-refractivity contribution >= 4 is 21.7 Å². The SMILES string of the molecule is CCCO[C@@H](Cl)COS(=O)(=O)c1ccc(C)cc1. The van der Waals surface area contributed by atoms with Crippen LogP contribution in [0.4, 0.5) is 0 Å². The van der Waals surface area contributed by atoms with Gasteiger partial charge in [0.15, 0.2) is 5.56 Å². The fraction of sp³-hybridized carbons (Fsp3) is 0.500. The summed E-state index contributed by atoms with van der Waals surface area (Å²) in [5.74, 6) is 0. The van der Waals surface area contributed by atoms with Crippen LogP contribution >= 0.6 is 11.6 Å². The van der Waals surface area contributed by atoms with Gasteiger partial charge in [-0.25, -0.2) is 0 Å². The summed E-state index contributed by atoms with van der Waals surface area (Å²) in [6.07, 6.45) is 0.813. The van der Waals surface area contributed by atoms with E-state index in [0.717, 1.165) is 12.0 Å². The van der Waals surface area contributed by atoms with Crippen LogP contribution in [0.3, 0.4) is 0 Å². The largest absolute Gasteiger partial charge is 0.360 e. The van der Waals surface area contributed by atoms with Crippen molar-refractivity contribution in [3.63, 3.8) is 0 Å². The van der Waals surface area contributed by atoms with Crippen molar-refractivity contribution in [2.45, 2.75) is 30.7 Å². The van der Waals surface area contributed by atoms with Crippen molar-refractivity contribution in [2.24, 2.45) is 0 Å². The van der Waals surface area contributed by atoms with Gasteiger partial charge in [-0.2, -0.15) is 8.42 Å². The number of halogens is 1. The summed E-state index contributed by atoms with van der Waals surface area (Å²) in [5, 5.41) is 0. The third-order valence-electron chi connectivity index (χ3n) is 2.17. The molecule has 1 atom stereocenters. The zero-order chi connectivity index (χ0) is 13.6. The quantitative estimate of drug-likeness (QED) is 0.573. The van der Waals surface area contributed by atoms with Crippen LogP contribution < -0.4 is 0 Å². The molecule has 0 saturated carbocycles. The van der Waals surface area contributed by atoms with E-state index in [4.69, 9.17) is 20.5 Å². The molecule has 18 heavy (non-hydrogen) atoms. The molecule has 0 heterocycles.